The summed E-state index contributed by atoms with van der Waals surface area (Å²) >= 11 is 0. The third-order valence-corrected chi connectivity index (χ3v) is 5.81. The van der Waals surface area contributed by atoms with Crippen LogP contribution in [0.25, 0.3) is 0 Å². The number of ketones is 1. The van der Waals surface area contributed by atoms with Crippen LogP contribution in [0.4, 0.5) is 0 Å². The van der Waals surface area contributed by atoms with Gasteiger partial charge in [0, 0.05) is 12.8 Å². The second-order valence-corrected chi connectivity index (χ2v) is 9.10. The van der Waals surface area contributed by atoms with Gasteiger partial charge in [0.25, 0.3) is 10.1 Å². The minimum atomic E-state index is -4.23. The summed E-state index contributed by atoms with van der Waals surface area (Å²) in [7, 11) is -4.23. The zero-order valence-corrected chi connectivity index (χ0v) is 18.0. The summed E-state index contributed by atoms with van der Waals surface area (Å²) < 4.78 is 30.3. The van der Waals surface area contributed by atoms with Gasteiger partial charge < -0.3 is 5.73 Å². The average molecular weight is 404 g/mol. The molecule has 0 bridgehead atoms. The highest BCUT2D eigenvalue weighted by molar-refractivity contribution is 7.86. The fourth-order valence-electron chi connectivity index (χ4n) is 2.97. The molecule has 0 rings (SSSR count). The summed E-state index contributed by atoms with van der Waals surface area (Å²) in [5, 5.41) is -1.35. The Kier molecular flexibility index (Phi) is 16.9. The summed E-state index contributed by atoms with van der Waals surface area (Å²) in [4.78, 5) is 11.7. The Morgan fingerprint density at radius 2 is 1.33 bits per heavy atom. The summed E-state index contributed by atoms with van der Waals surface area (Å²) in [5.41, 5.74) is 5.29. The Bertz CT molecular complexity index is 488. The van der Waals surface area contributed by atoms with Crippen LogP contribution in [0, 0.1) is 0 Å². The first-order valence-corrected chi connectivity index (χ1v) is 12.3. The van der Waals surface area contributed by atoms with E-state index in [0.29, 0.717) is 6.42 Å². The number of allylic oxidation sites excluding steroid dienone is 2. The molecule has 0 spiro atoms. The molecule has 6 heteroatoms. The molecule has 3 N–H and O–H groups in total. The fraction of sp³-hybridized carbons (Fsp3) is 0.857. The average Bonchev–Trinajstić information content (AvgIpc) is 2.62. The van der Waals surface area contributed by atoms with Gasteiger partial charge in [-0.15, -0.1) is 0 Å². The van der Waals surface area contributed by atoms with Gasteiger partial charge in [0.05, 0.1) is 0 Å². The Morgan fingerprint density at radius 3 is 1.85 bits per heavy atom. The van der Waals surface area contributed by atoms with Crippen molar-refractivity contribution in [3.05, 3.63) is 12.2 Å². The van der Waals surface area contributed by atoms with Crippen LogP contribution in [0.2, 0.25) is 0 Å². The maximum absolute atomic E-state index is 11.7. The van der Waals surface area contributed by atoms with E-state index in [4.69, 9.17) is 10.3 Å². The van der Waals surface area contributed by atoms with E-state index in [1.165, 1.54) is 57.8 Å². The molecule has 5 nitrogen and oxygen atoms in total. The molecule has 0 fully saturated rings. The fourth-order valence-corrected chi connectivity index (χ4v) is 3.39. The standard InChI is InChI=1S/C21H41NO4S/c1-2-3-4-5-6-7-8-9-10-11-12-13-14-15-16-17-20(23)18-19-21(22)27(24,25)26/h9-10,21H,2-8,11-19,22H2,1H3,(H,24,25,26)/b10-9-. The van der Waals surface area contributed by atoms with Gasteiger partial charge in [-0.25, -0.2) is 0 Å². The number of hydrogen-bond acceptors (Lipinski definition) is 4. The molecule has 0 radical (unpaired) electrons. The highest BCUT2D eigenvalue weighted by atomic mass is 32.2. The van der Waals surface area contributed by atoms with Gasteiger partial charge in [-0.3, -0.25) is 9.35 Å². The second-order valence-electron chi connectivity index (χ2n) is 7.47. The number of Topliss-reactive ketones (excluding diaryl/α,β-unsaturated/α-hetero) is 1. The first kappa shape index (κ1) is 26.3. The number of rotatable bonds is 19. The van der Waals surface area contributed by atoms with E-state index in [9.17, 15) is 13.2 Å². The molecule has 0 saturated carbocycles. The van der Waals surface area contributed by atoms with Crippen molar-refractivity contribution in [2.75, 3.05) is 0 Å². The van der Waals surface area contributed by atoms with Crippen LogP contribution in [-0.4, -0.2) is 24.1 Å². The highest BCUT2D eigenvalue weighted by Gasteiger charge is 2.18. The minimum Gasteiger partial charge on any atom is -0.313 e. The lowest BCUT2D eigenvalue weighted by molar-refractivity contribution is -0.119. The van der Waals surface area contributed by atoms with Crippen molar-refractivity contribution in [3.8, 4) is 0 Å². The normalized spacial score (nSPS) is 13.3. The smallest absolute Gasteiger partial charge is 0.280 e. The molecule has 0 aliphatic carbocycles. The van der Waals surface area contributed by atoms with Crippen molar-refractivity contribution in [1.82, 2.24) is 0 Å². The van der Waals surface area contributed by atoms with E-state index in [2.05, 4.69) is 19.1 Å². The Labute approximate surface area is 166 Å². The van der Waals surface area contributed by atoms with Crippen molar-refractivity contribution < 1.29 is 17.8 Å². The monoisotopic (exact) mass is 403 g/mol. The number of carbonyl (C=O) groups excluding carboxylic acids is 1. The Hall–Kier alpha value is -0.720. The third-order valence-electron chi connectivity index (χ3n) is 4.81. The number of carbonyl (C=O) groups is 1. The van der Waals surface area contributed by atoms with Crippen LogP contribution in [0.3, 0.4) is 0 Å². The predicted octanol–water partition coefficient (Wildman–Crippen LogP) is 5.55. The molecule has 0 aromatic carbocycles. The molecule has 0 amide bonds. The van der Waals surface area contributed by atoms with Crippen molar-refractivity contribution in [3.63, 3.8) is 0 Å². The third kappa shape index (κ3) is 18.4. The lowest BCUT2D eigenvalue weighted by Gasteiger charge is -2.07. The maximum Gasteiger partial charge on any atom is 0.280 e. The van der Waals surface area contributed by atoms with Crippen molar-refractivity contribution in [2.24, 2.45) is 5.73 Å². The Balaban J connectivity index is 3.37. The van der Waals surface area contributed by atoms with Crippen molar-refractivity contribution >= 4 is 15.9 Å². The molecule has 1 unspecified atom stereocenters. The van der Waals surface area contributed by atoms with Gasteiger partial charge in [0.2, 0.25) is 0 Å². The van der Waals surface area contributed by atoms with Crippen LogP contribution in [0.15, 0.2) is 12.2 Å². The molecule has 0 aliphatic rings. The molecule has 0 aromatic rings. The first-order chi connectivity index (χ1) is 12.9. The second kappa shape index (κ2) is 17.4. The molecule has 1 atom stereocenters. The largest absolute Gasteiger partial charge is 0.313 e. The van der Waals surface area contributed by atoms with E-state index in [1.54, 1.807) is 0 Å². The minimum absolute atomic E-state index is 0.0112. The molecule has 27 heavy (non-hydrogen) atoms. The quantitative estimate of drug-likeness (QED) is 0.167. The zero-order chi connectivity index (χ0) is 20.4. The summed E-state index contributed by atoms with van der Waals surface area (Å²) in [5.74, 6) is 0.0201. The van der Waals surface area contributed by atoms with Crippen LogP contribution in [0.1, 0.15) is 110 Å². The first-order valence-electron chi connectivity index (χ1n) is 10.8. The number of hydrogen-bond donors (Lipinski definition) is 2. The molecule has 0 saturated heterocycles. The van der Waals surface area contributed by atoms with Crippen LogP contribution >= 0.6 is 0 Å². The SMILES string of the molecule is CCCCCCCC/C=C\CCCCCCCC(=O)CCC(N)S(=O)(=O)O. The van der Waals surface area contributed by atoms with Crippen LogP contribution in [-0.2, 0) is 14.9 Å². The number of unbranched alkanes of at least 4 members (excludes halogenated alkanes) is 11. The van der Waals surface area contributed by atoms with Gasteiger partial charge in [-0.2, -0.15) is 8.42 Å². The van der Waals surface area contributed by atoms with Crippen molar-refractivity contribution in [1.29, 1.82) is 0 Å². The summed E-state index contributed by atoms with van der Waals surface area (Å²) in [6, 6.07) is 0. The summed E-state index contributed by atoms with van der Waals surface area (Å²) in [6.07, 6.45) is 21.0. The summed E-state index contributed by atoms with van der Waals surface area (Å²) in [6.45, 7) is 2.25. The van der Waals surface area contributed by atoms with Gasteiger partial charge >= 0.3 is 0 Å². The topological polar surface area (TPSA) is 97.5 Å². The maximum atomic E-state index is 11.7. The van der Waals surface area contributed by atoms with Gasteiger partial charge in [-0.05, 0) is 38.5 Å². The van der Waals surface area contributed by atoms with E-state index in [-0.39, 0.29) is 18.6 Å². The van der Waals surface area contributed by atoms with Crippen LogP contribution < -0.4 is 5.73 Å². The van der Waals surface area contributed by atoms with E-state index in [0.717, 1.165) is 25.7 Å². The predicted molar refractivity (Wildman–Crippen MR) is 113 cm³/mol. The molecule has 0 aromatic heterocycles. The molecule has 0 heterocycles. The highest BCUT2D eigenvalue weighted by Crippen LogP contribution is 2.11. The van der Waals surface area contributed by atoms with Crippen molar-refractivity contribution in [2.45, 2.75) is 115 Å². The molecule has 160 valence electrons. The Morgan fingerprint density at radius 1 is 0.852 bits per heavy atom. The molecular weight excluding hydrogens is 362 g/mol. The lowest BCUT2D eigenvalue weighted by atomic mass is 10.1. The van der Waals surface area contributed by atoms with E-state index < -0.39 is 15.5 Å². The van der Waals surface area contributed by atoms with Gasteiger partial charge in [0.15, 0.2) is 0 Å². The zero-order valence-electron chi connectivity index (χ0n) is 17.2. The van der Waals surface area contributed by atoms with Gasteiger partial charge in [-0.1, -0.05) is 70.4 Å². The van der Waals surface area contributed by atoms with E-state index in [1.807, 2.05) is 0 Å². The molecule has 0 aliphatic heterocycles. The van der Waals surface area contributed by atoms with Crippen LogP contribution in [0.5, 0.6) is 0 Å². The lowest BCUT2D eigenvalue weighted by Crippen LogP contribution is -2.30. The number of nitrogens with two attached hydrogens (primary N) is 1. The van der Waals surface area contributed by atoms with Gasteiger partial charge in [0.1, 0.15) is 11.2 Å². The van der Waals surface area contributed by atoms with E-state index >= 15 is 0 Å². The molecular formula is C21H41NO4S.